The molecule has 1 aromatic carbocycles. The quantitative estimate of drug-likeness (QED) is 0.470. The summed E-state index contributed by atoms with van der Waals surface area (Å²) < 4.78 is 0. The molecular formula is C14H23ClN2S. The van der Waals surface area contributed by atoms with Gasteiger partial charge in [-0.05, 0) is 36.5 Å². The molecule has 0 heterocycles. The van der Waals surface area contributed by atoms with Gasteiger partial charge in [-0.25, -0.2) is 0 Å². The van der Waals surface area contributed by atoms with Gasteiger partial charge >= 0.3 is 0 Å². The Balaban J connectivity index is 2.40. The largest absolute Gasteiger partial charge is 0.271 e. The Labute approximate surface area is 120 Å². The van der Waals surface area contributed by atoms with E-state index in [1.54, 1.807) is 11.8 Å². The van der Waals surface area contributed by atoms with Crippen LogP contribution in [0.25, 0.3) is 0 Å². The van der Waals surface area contributed by atoms with Crippen molar-refractivity contribution in [2.24, 2.45) is 11.3 Å². The molecule has 0 amide bonds. The van der Waals surface area contributed by atoms with Crippen molar-refractivity contribution in [2.75, 3.05) is 5.75 Å². The van der Waals surface area contributed by atoms with Gasteiger partial charge in [0.1, 0.15) is 0 Å². The number of nitrogens with one attached hydrogen (secondary N) is 1. The van der Waals surface area contributed by atoms with Gasteiger partial charge in [-0.1, -0.05) is 38.4 Å². The Kier molecular flexibility index (Phi) is 6.50. The first-order chi connectivity index (χ1) is 8.40. The number of rotatable bonds is 6. The van der Waals surface area contributed by atoms with E-state index in [2.05, 4.69) is 32.3 Å². The van der Waals surface area contributed by atoms with Crippen LogP contribution in [0.2, 0.25) is 5.02 Å². The summed E-state index contributed by atoms with van der Waals surface area (Å²) in [6.45, 7) is 6.76. The lowest BCUT2D eigenvalue weighted by Crippen LogP contribution is -2.37. The van der Waals surface area contributed by atoms with E-state index in [1.165, 1.54) is 4.90 Å². The minimum Gasteiger partial charge on any atom is -0.271 e. The predicted octanol–water partition coefficient (Wildman–Crippen LogP) is 4.09. The van der Waals surface area contributed by atoms with Crippen LogP contribution in [0.5, 0.6) is 0 Å². The summed E-state index contributed by atoms with van der Waals surface area (Å²) in [5.74, 6) is 6.57. The monoisotopic (exact) mass is 286 g/mol. The standard InChI is InChI=1S/C14H23ClN2S/c1-14(2,3)8-7-12(17-16)10-18-13-6-4-5-11(15)9-13/h4-6,9,12,17H,7-8,10,16H2,1-3H3. The molecule has 102 valence electrons. The van der Waals surface area contributed by atoms with E-state index in [4.69, 9.17) is 17.4 Å². The number of hydrogen-bond donors (Lipinski definition) is 2. The molecule has 3 N–H and O–H groups in total. The van der Waals surface area contributed by atoms with Crippen LogP contribution in [0.4, 0.5) is 0 Å². The fraction of sp³-hybridized carbons (Fsp3) is 0.571. The molecular weight excluding hydrogens is 264 g/mol. The summed E-state index contributed by atoms with van der Waals surface area (Å²) in [6.07, 6.45) is 2.26. The summed E-state index contributed by atoms with van der Waals surface area (Å²) in [4.78, 5) is 1.19. The molecule has 1 rings (SSSR count). The van der Waals surface area contributed by atoms with Crippen molar-refractivity contribution in [3.63, 3.8) is 0 Å². The lowest BCUT2D eigenvalue weighted by molar-refractivity contribution is 0.339. The van der Waals surface area contributed by atoms with Crippen molar-refractivity contribution >= 4 is 23.4 Å². The number of benzene rings is 1. The summed E-state index contributed by atoms with van der Waals surface area (Å²) in [6, 6.07) is 8.28. The molecule has 0 aromatic heterocycles. The maximum atomic E-state index is 5.96. The molecule has 4 heteroatoms. The van der Waals surface area contributed by atoms with Gasteiger partial charge in [0.2, 0.25) is 0 Å². The third-order valence-corrected chi connectivity index (χ3v) is 4.12. The molecule has 0 radical (unpaired) electrons. The van der Waals surface area contributed by atoms with Crippen molar-refractivity contribution in [3.05, 3.63) is 29.3 Å². The first kappa shape index (κ1) is 15.8. The Morgan fingerprint density at radius 1 is 1.39 bits per heavy atom. The minimum absolute atomic E-state index is 0.341. The van der Waals surface area contributed by atoms with Crippen LogP contribution in [-0.4, -0.2) is 11.8 Å². The smallest absolute Gasteiger partial charge is 0.0417 e. The molecule has 0 spiro atoms. The highest BCUT2D eigenvalue weighted by Crippen LogP contribution is 2.25. The third kappa shape index (κ3) is 6.64. The highest BCUT2D eigenvalue weighted by atomic mass is 35.5. The molecule has 0 saturated carbocycles. The van der Waals surface area contributed by atoms with E-state index in [0.29, 0.717) is 11.5 Å². The number of hydrazine groups is 1. The lowest BCUT2D eigenvalue weighted by Gasteiger charge is -2.22. The second kappa shape index (κ2) is 7.39. The van der Waals surface area contributed by atoms with E-state index in [1.807, 2.05) is 18.2 Å². The second-order valence-electron chi connectivity index (χ2n) is 5.73. The van der Waals surface area contributed by atoms with Crippen molar-refractivity contribution < 1.29 is 0 Å². The van der Waals surface area contributed by atoms with Gasteiger partial charge in [0, 0.05) is 21.7 Å². The second-order valence-corrected chi connectivity index (χ2v) is 7.26. The molecule has 2 nitrogen and oxygen atoms in total. The highest BCUT2D eigenvalue weighted by Gasteiger charge is 2.14. The van der Waals surface area contributed by atoms with Crippen LogP contribution < -0.4 is 11.3 Å². The number of halogens is 1. The molecule has 1 atom stereocenters. The molecule has 18 heavy (non-hydrogen) atoms. The van der Waals surface area contributed by atoms with Gasteiger partial charge in [-0.15, -0.1) is 11.8 Å². The third-order valence-electron chi connectivity index (χ3n) is 2.73. The fourth-order valence-electron chi connectivity index (χ4n) is 1.58. The molecule has 1 unspecified atom stereocenters. The Bertz CT molecular complexity index is 363. The summed E-state index contributed by atoms with van der Waals surface area (Å²) in [5, 5.41) is 0.784. The summed E-state index contributed by atoms with van der Waals surface area (Å²) in [7, 11) is 0. The molecule has 1 aromatic rings. The fourth-order valence-corrected chi connectivity index (χ4v) is 2.87. The van der Waals surface area contributed by atoms with Crippen LogP contribution in [0.1, 0.15) is 33.6 Å². The van der Waals surface area contributed by atoms with Gasteiger partial charge in [0.05, 0.1) is 0 Å². The molecule has 0 aliphatic carbocycles. The molecule has 0 saturated heterocycles. The van der Waals surface area contributed by atoms with E-state index in [9.17, 15) is 0 Å². The first-order valence-electron chi connectivity index (χ1n) is 6.25. The average Bonchev–Trinajstić information content (AvgIpc) is 2.28. The highest BCUT2D eigenvalue weighted by molar-refractivity contribution is 7.99. The maximum Gasteiger partial charge on any atom is 0.0417 e. The van der Waals surface area contributed by atoms with E-state index < -0.39 is 0 Å². The van der Waals surface area contributed by atoms with E-state index in [-0.39, 0.29) is 0 Å². The SMILES string of the molecule is CC(C)(C)CCC(CSc1cccc(Cl)c1)NN. The molecule has 0 fully saturated rings. The molecule has 0 aliphatic rings. The lowest BCUT2D eigenvalue weighted by atomic mass is 9.89. The van der Waals surface area contributed by atoms with Gasteiger partial charge in [-0.2, -0.15) is 0 Å². The normalized spacial score (nSPS) is 13.6. The van der Waals surface area contributed by atoms with Crippen molar-refractivity contribution in [1.82, 2.24) is 5.43 Å². The summed E-state index contributed by atoms with van der Waals surface area (Å²) >= 11 is 7.75. The van der Waals surface area contributed by atoms with E-state index in [0.717, 1.165) is 23.6 Å². The number of thioether (sulfide) groups is 1. The maximum absolute atomic E-state index is 5.96. The Hall–Kier alpha value is -0.220. The van der Waals surface area contributed by atoms with Crippen LogP contribution >= 0.6 is 23.4 Å². The average molecular weight is 287 g/mol. The van der Waals surface area contributed by atoms with Crippen molar-refractivity contribution in [3.8, 4) is 0 Å². The van der Waals surface area contributed by atoms with Crippen LogP contribution in [0.15, 0.2) is 29.2 Å². The van der Waals surface area contributed by atoms with Crippen molar-refractivity contribution in [1.29, 1.82) is 0 Å². The Morgan fingerprint density at radius 2 is 2.11 bits per heavy atom. The van der Waals surface area contributed by atoms with Gasteiger partial charge in [0.15, 0.2) is 0 Å². The zero-order valence-corrected chi connectivity index (χ0v) is 12.9. The minimum atomic E-state index is 0.341. The Morgan fingerprint density at radius 3 is 2.67 bits per heavy atom. The van der Waals surface area contributed by atoms with Crippen molar-refractivity contribution in [2.45, 2.75) is 44.6 Å². The van der Waals surface area contributed by atoms with Gasteiger partial charge in [0.25, 0.3) is 0 Å². The predicted molar refractivity (Wildman–Crippen MR) is 82.0 cm³/mol. The zero-order valence-electron chi connectivity index (χ0n) is 11.4. The zero-order chi connectivity index (χ0) is 13.6. The first-order valence-corrected chi connectivity index (χ1v) is 7.61. The van der Waals surface area contributed by atoms with Crippen LogP contribution in [0, 0.1) is 5.41 Å². The van der Waals surface area contributed by atoms with Gasteiger partial charge < -0.3 is 0 Å². The van der Waals surface area contributed by atoms with Gasteiger partial charge in [-0.3, -0.25) is 11.3 Å². The molecule has 0 bridgehead atoms. The van der Waals surface area contributed by atoms with Crippen LogP contribution in [0.3, 0.4) is 0 Å². The van der Waals surface area contributed by atoms with Crippen LogP contribution in [-0.2, 0) is 0 Å². The molecule has 0 aliphatic heterocycles. The topological polar surface area (TPSA) is 38.0 Å². The summed E-state index contributed by atoms with van der Waals surface area (Å²) in [5.41, 5.74) is 3.26. The van der Waals surface area contributed by atoms with E-state index >= 15 is 0 Å². The number of nitrogens with two attached hydrogens (primary N) is 1. The number of hydrogen-bond acceptors (Lipinski definition) is 3.